The molecule has 124 valence electrons. The molecule has 0 aliphatic heterocycles. The molecule has 1 N–H and O–H groups in total. The minimum absolute atomic E-state index is 0.0147. The van der Waals surface area contributed by atoms with Gasteiger partial charge in [-0.25, -0.2) is 8.42 Å². The molecule has 0 atom stereocenters. The summed E-state index contributed by atoms with van der Waals surface area (Å²) in [6.07, 6.45) is 0. The minimum atomic E-state index is -3.67. The fourth-order valence-electron chi connectivity index (χ4n) is 2.01. The van der Waals surface area contributed by atoms with Crippen molar-refractivity contribution < 1.29 is 13.2 Å². The van der Waals surface area contributed by atoms with Crippen molar-refractivity contribution in [1.29, 1.82) is 0 Å². The standard InChI is InChI=1S/C18H16ClNO3S/c1-13-5-10-17(19)12-18(13)24(22,23)20-11-3-4-15-6-8-16(9-7-15)14(2)21/h5-10,12,20H,11H2,1-2H3. The van der Waals surface area contributed by atoms with Gasteiger partial charge in [0, 0.05) is 16.1 Å². The lowest BCUT2D eigenvalue weighted by Gasteiger charge is -2.07. The molecular formula is C18H16ClNO3S. The Morgan fingerprint density at radius 1 is 1.17 bits per heavy atom. The predicted octanol–water partition coefficient (Wildman–Crippen LogP) is 3.18. The van der Waals surface area contributed by atoms with Gasteiger partial charge in [0.1, 0.15) is 0 Å². The quantitative estimate of drug-likeness (QED) is 0.672. The van der Waals surface area contributed by atoms with Crippen LogP contribution in [-0.2, 0) is 10.0 Å². The Balaban J connectivity index is 2.06. The Morgan fingerprint density at radius 3 is 2.46 bits per heavy atom. The molecule has 0 fully saturated rings. The number of aryl methyl sites for hydroxylation is 1. The van der Waals surface area contributed by atoms with E-state index in [0.717, 1.165) is 0 Å². The normalized spacial score (nSPS) is 10.8. The van der Waals surface area contributed by atoms with Crippen LogP contribution in [0.2, 0.25) is 5.02 Å². The van der Waals surface area contributed by atoms with E-state index in [1.807, 2.05) is 0 Å². The molecule has 0 bridgehead atoms. The smallest absolute Gasteiger partial charge is 0.241 e. The third kappa shape index (κ3) is 4.68. The maximum atomic E-state index is 12.3. The highest BCUT2D eigenvalue weighted by atomic mass is 35.5. The van der Waals surface area contributed by atoms with E-state index in [4.69, 9.17) is 11.6 Å². The second-order valence-electron chi connectivity index (χ2n) is 5.17. The van der Waals surface area contributed by atoms with Crippen LogP contribution in [0.3, 0.4) is 0 Å². The van der Waals surface area contributed by atoms with Crippen LogP contribution in [0.15, 0.2) is 47.4 Å². The third-order valence-corrected chi connectivity index (χ3v) is 5.09. The van der Waals surface area contributed by atoms with E-state index in [1.165, 1.54) is 13.0 Å². The lowest BCUT2D eigenvalue weighted by molar-refractivity contribution is 0.101. The van der Waals surface area contributed by atoms with Crippen molar-refractivity contribution in [3.05, 3.63) is 64.2 Å². The van der Waals surface area contributed by atoms with E-state index >= 15 is 0 Å². The first-order chi connectivity index (χ1) is 11.3. The summed E-state index contributed by atoms with van der Waals surface area (Å²) in [5.74, 6) is 5.58. The van der Waals surface area contributed by atoms with Gasteiger partial charge in [0.2, 0.25) is 10.0 Å². The molecule has 0 amide bonds. The Labute approximate surface area is 146 Å². The van der Waals surface area contributed by atoms with Gasteiger partial charge < -0.3 is 0 Å². The lowest BCUT2D eigenvalue weighted by Crippen LogP contribution is -2.24. The second-order valence-corrected chi connectivity index (χ2v) is 7.34. The first-order valence-electron chi connectivity index (χ1n) is 7.15. The zero-order chi connectivity index (χ0) is 17.7. The number of rotatable bonds is 4. The maximum absolute atomic E-state index is 12.3. The molecular weight excluding hydrogens is 346 g/mol. The fourth-order valence-corrected chi connectivity index (χ4v) is 3.44. The van der Waals surface area contributed by atoms with Crippen molar-refractivity contribution in [1.82, 2.24) is 4.72 Å². The van der Waals surface area contributed by atoms with E-state index < -0.39 is 10.0 Å². The third-order valence-electron chi connectivity index (χ3n) is 3.31. The van der Waals surface area contributed by atoms with E-state index in [9.17, 15) is 13.2 Å². The van der Waals surface area contributed by atoms with Crippen LogP contribution in [0.25, 0.3) is 0 Å². The number of hydrogen-bond acceptors (Lipinski definition) is 3. The summed E-state index contributed by atoms with van der Waals surface area (Å²) in [6, 6.07) is 11.5. The minimum Gasteiger partial charge on any atom is -0.295 e. The number of benzene rings is 2. The lowest BCUT2D eigenvalue weighted by atomic mass is 10.1. The van der Waals surface area contributed by atoms with E-state index in [1.54, 1.807) is 43.3 Å². The monoisotopic (exact) mass is 361 g/mol. The molecule has 2 aromatic carbocycles. The van der Waals surface area contributed by atoms with Crippen LogP contribution < -0.4 is 4.72 Å². The maximum Gasteiger partial charge on any atom is 0.241 e. The highest BCUT2D eigenvalue weighted by molar-refractivity contribution is 7.89. The fraction of sp³-hybridized carbons (Fsp3) is 0.167. The van der Waals surface area contributed by atoms with Crippen LogP contribution in [-0.4, -0.2) is 20.7 Å². The SMILES string of the molecule is CC(=O)c1ccc(C#CCNS(=O)(=O)c2cc(Cl)ccc2C)cc1. The summed E-state index contributed by atoms with van der Waals surface area (Å²) in [6.45, 7) is 3.17. The molecule has 0 heterocycles. The van der Waals surface area contributed by atoms with Gasteiger partial charge in [0.05, 0.1) is 11.4 Å². The molecule has 2 rings (SSSR count). The summed E-state index contributed by atoms with van der Waals surface area (Å²) in [5, 5.41) is 0.359. The Bertz CT molecular complexity index is 923. The average molecular weight is 362 g/mol. The number of hydrogen-bond donors (Lipinski definition) is 1. The van der Waals surface area contributed by atoms with Crippen LogP contribution in [0, 0.1) is 18.8 Å². The summed E-state index contributed by atoms with van der Waals surface area (Å²) in [4.78, 5) is 11.3. The van der Waals surface area contributed by atoms with Gasteiger partial charge in [0.15, 0.2) is 5.78 Å². The van der Waals surface area contributed by atoms with Crippen molar-refractivity contribution in [2.75, 3.05) is 6.54 Å². The van der Waals surface area contributed by atoms with Gasteiger partial charge in [0.25, 0.3) is 0 Å². The van der Waals surface area contributed by atoms with Crippen molar-refractivity contribution in [2.45, 2.75) is 18.7 Å². The topological polar surface area (TPSA) is 63.2 Å². The number of halogens is 1. The highest BCUT2D eigenvalue weighted by Crippen LogP contribution is 2.19. The predicted molar refractivity (Wildman–Crippen MR) is 94.7 cm³/mol. The van der Waals surface area contributed by atoms with Gasteiger partial charge in [-0.3, -0.25) is 4.79 Å². The first kappa shape index (κ1) is 18.2. The molecule has 24 heavy (non-hydrogen) atoms. The Kier molecular flexibility index (Phi) is 5.79. The van der Waals surface area contributed by atoms with Crippen molar-refractivity contribution in [3.63, 3.8) is 0 Å². The zero-order valence-electron chi connectivity index (χ0n) is 13.3. The summed E-state index contributed by atoms with van der Waals surface area (Å²) < 4.78 is 27.0. The van der Waals surface area contributed by atoms with Crippen molar-refractivity contribution in [3.8, 4) is 11.8 Å². The Hall–Kier alpha value is -2.13. The van der Waals surface area contributed by atoms with Gasteiger partial charge in [-0.15, -0.1) is 0 Å². The number of carbonyl (C=O) groups is 1. The highest BCUT2D eigenvalue weighted by Gasteiger charge is 2.16. The summed E-state index contributed by atoms with van der Waals surface area (Å²) in [7, 11) is -3.67. The van der Waals surface area contributed by atoms with Crippen molar-refractivity contribution >= 4 is 27.4 Å². The zero-order valence-corrected chi connectivity index (χ0v) is 14.8. The van der Waals surface area contributed by atoms with Gasteiger partial charge in [-0.2, -0.15) is 4.72 Å². The van der Waals surface area contributed by atoms with Gasteiger partial charge in [-0.1, -0.05) is 41.6 Å². The number of sulfonamides is 1. The van der Waals surface area contributed by atoms with Crippen LogP contribution >= 0.6 is 11.6 Å². The van der Waals surface area contributed by atoms with Crippen LogP contribution in [0.1, 0.15) is 28.4 Å². The molecule has 0 aliphatic carbocycles. The average Bonchev–Trinajstić information content (AvgIpc) is 2.54. The van der Waals surface area contributed by atoms with E-state index in [-0.39, 0.29) is 17.2 Å². The number of ketones is 1. The second kappa shape index (κ2) is 7.63. The molecule has 0 saturated heterocycles. The molecule has 0 spiro atoms. The number of nitrogens with one attached hydrogen (secondary N) is 1. The molecule has 0 radical (unpaired) electrons. The molecule has 6 heteroatoms. The number of Topliss-reactive ketones (excluding diaryl/α,β-unsaturated/α-hetero) is 1. The molecule has 0 aromatic heterocycles. The molecule has 2 aromatic rings. The van der Waals surface area contributed by atoms with Crippen molar-refractivity contribution in [2.24, 2.45) is 0 Å². The van der Waals surface area contributed by atoms with E-state index in [0.29, 0.717) is 21.7 Å². The molecule has 0 saturated carbocycles. The Morgan fingerprint density at radius 2 is 1.83 bits per heavy atom. The first-order valence-corrected chi connectivity index (χ1v) is 9.01. The van der Waals surface area contributed by atoms with Gasteiger partial charge in [-0.05, 0) is 43.7 Å². The van der Waals surface area contributed by atoms with Crippen LogP contribution in [0.5, 0.6) is 0 Å². The molecule has 4 nitrogen and oxygen atoms in total. The largest absolute Gasteiger partial charge is 0.295 e. The number of carbonyl (C=O) groups excluding carboxylic acids is 1. The van der Waals surface area contributed by atoms with Gasteiger partial charge >= 0.3 is 0 Å². The van der Waals surface area contributed by atoms with E-state index in [2.05, 4.69) is 16.6 Å². The molecule has 0 aliphatic rings. The van der Waals surface area contributed by atoms with Crippen LogP contribution in [0.4, 0.5) is 0 Å². The molecule has 0 unspecified atom stereocenters. The summed E-state index contributed by atoms with van der Waals surface area (Å²) in [5.41, 5.74) is 1.93. The summed E-state index contributed by atoms with van der Waals surface area (Å²) >= 11 is 5.86.